The molecular formula is C9H11ClN2O. The molecule has 2 rings (SSSR count). The van der Waals surface area contributed by atoms with Crippen molar-refractivity contribution < 1.29 is 4.74 Å². The van der Waals surface area contributed by atoms with Crippen molar-refractivity contribution in [2.24, 2.45) is 5.84 Å². The highest BCUT2D eigenvalue weighted by atomic mass is 35.5. The lowest BCUT2D eigenvalue weighted by atomic mass is 10.2. The second kappa shape index (κ2) is 3.54. The first-order valence-electron chi connectivity index (χ1n) is 4.16. The molecule has 0 radical (unpaired) electrons. The molecule has 1 aromatic rings. The first-order chi connectivity index (χ1) is 6.25. The van der Waals surface area contributed by atoms with Gasteiger partial charge < -0.3 is 4.74 Å². The lowest BCUT2D eigenvalue weighted by Crippen LogP contribution is -2.32. The van der Waals surface area contributed by atoms with Crippen LogP contribution in [0.5, 0.6) is 5.75 Å². The molecule has 4 heteroatoms. The van der Waals surface area contributed by atoms with Crippen LogP contribution in [0, 0.1) is 0 Å². The van der Waals surface area contributed by atoms with Gasteiger partial charge in [0, 0.05) is 23.7 Å². The summed E-state index contributed by atoms with van der Waals surface area (Å²) in [6.45, 7) is 2.06. The molecule has 2 N–H and O–H groups in total. The Labute approximate surface area is 82.0 Å². The summed E-state index contributed by atoms with van der Waals surface area (Å²) in [6, 6.07) is 5.60. The van der Waals surface area contributed by atoms with Crippen LogP contribution in [-0.4, -0.2) is 18.2 Å². The Hall–Kier alpha value is -0.770. The highest BCUT2D eigenvalue weighted by Gasteiger charge is 2.12. The van der Waals surface area contributed by atoms with Gasteiger partial charge in [-0.15, -0.1) is 0 Å². The SMILES string of the molecule is NN1CCOc2ccc(Cl)cc2C1. The number of hydrogen-bond acceptors (Lipinski definition) is 3. The number of hydrazine groups is 1. The zero-order chi connectivity index (χ0) is 9.26. The van der Waals surface area contributed by atoms with Gasteiger partial charge in [0.1, 0.15) is 12.4 Å². The predicted molar refractivity (Wildman–Crippen MR) is 51.5 cm³/mol. The quantitative estimate of drug-likeness (QED) is 0.641. The summed E-state index contributed by atoms with van der Waals surface area (Å²) >= 11 is 5.86. The summed E-state index contributed by atoms with van der Waals surface area (Å²) in [5.74, 6) is 6.60. The minimum Gasteiger partial charge on any atom is -0.492 e. The van der Waals surface area contributed by atoms with Gasteiger partial charge in [0.05, 0.1) is 0 Å². The van der Waals surface area contributed by atoms with E-state index in [4.69, 9.17) is 22.2 Å². The molecule has 0 fully saturated rings. The summed E-state index contributed by atoms with van der Waals surface area (Å²) in [6.07, 6.45) is 0. The van der Waals surface area contributed by atoms with E-state index in [-0.39, 0.29) is 0 Å². The van der Waals surface area contributed by atoms with Crippen LogP contribution in [0.15, 0.2) is 18.2 Å². The van der Waals surface area contributed by atoms with Crippen LogP contribution >= 0.6 is 11.6 Å². The molecule has 0 aliphatic carbocycles. The normalized spacial score (nSPS) is 17.4. The number of rotatable bonds is 0. The van der Waals surface area contributed by atoms with Crippen LogP contribution in [0.1, 0.15) is 5.56 Å². The Kier molecular flexibility index (Phi) is 2.40. The third kappa shape index (κ3) is 1.94. The largest absolute Gasteiger partial charge is 0.492 e. The molecule has 0 aromatic heterocycles. The first kappa shape index (κ1) is 8.81. The number of nitrogens with zero attached hydrogens (tertiary/aromatic N) is 1. The number of fused-ring (bicyclic) bond motifs is 1. The maximum absolute atomic E-state index is 5.86. The van der Waals surface area contributed by atoms with Crippen molar-refractivity contribution in [3.63, 3.8) is 0 Å². The Bertz CT molecular complexity index is 316. The molecule has 0 saturated heterocycles. The van der Waals surface area contributed by atoms with Gasteiger partial charge in [-0.1, -0.05) is 11.6 Å². The molecule has 13 heavy (non-hydrogen) atoms. The Balaban J connectivity index is 2.35. The van der Waals surface area contributed by atoms with Crippen molar-refractivity contribution in [3.8, 4) is 5.75 Å². The Morgan fingerprint density at radius 1 is 1.46 bits per heavy atom. The zero-order valence-corrected chi connectivity index (χ0v) is 7.92. The third-order valence-corrected chi connectivity index (χ3v) is 2.27. The van der Waals surface area contributed by atoms with E-state index in [2.05, 4.69) is 0 Å². The van der Waals surface area contributed by atoms with E-state index < -0.39 is 0 Å². The number of benzene rings is 1. The fourth-order valence-corrected chi connectivity index (χ4v) is 1.58. The topological polar surface area (TPSA) is 38.5 Å². The van der Waals surface area contributed by atoms with Crippen molar-refractivity contribution in [2.75, 3.05) is 13.2 Å². The lowest BCUT2D eigenvalue weighted by Gasteiger charge is -2.10. The van der Waals surface area contributed by atoms with Gasteiger partial charge in [-0.2, -0.15) is 0 Å². The fourth-order valence-electron chi connectivity index (χ4n) is 1.38. The molecular weight excluding hydrogens is 188 g/mol. The summed E-state index contributed by atoms with van der Waals surface area (Å²) in [4.78, 5) is 0. The molecule has 70 valence electrons. The molecule has 0 spiro atoms. The summed E-state index contributed by atoms with van der Waals surface area (Å²) < 4.78 is 5.49. The average Bonchev–Trinajstić information content (AvgIpc) is 2.25. The van der Waals surface area contributed by atoms with E-state index in [1.165, 1.54) is 0 Å². The molecule has 1 aliphatic rings. The molecule has 0 saturated carbocycles. The minimum absolute atomic E-state index is 0.630. The van der Waals surface area contributed by atoms with Crippen LogP contribution in [0.3, 0.4) is 0 Å². The van der Waals surface area contributed by atoms with Crippen LogP contribution < -0.4 is 10.6 Å². The van der Waals surface area contributed by atoms with Crippen molar-refractivity contribution >= 4 is 11.6 Å². The highest BCUT2D eigenvalue weighted by molar-refractivity contribution is 6.30. The van der Waals surface area contributed by atoms with Gasteiger partial charge in [-0.05, 0) is 18.2 Å². The van der Waals surface area contributed by atoms with Gasteiger partial charge in [0.25, 0.3) is 0 Å². The van der Waals surface area contributed by atoms with Gasteiger partial charge >= 0.3 is 0 Å². The molecule has 1 aromatic carbocycles. The molecule has 0 amide bonds. The van der Waals surface area contributed by atoms with E-state index in [0.717, 1.165) is 22.9 Å². The summed E-state index contributed by atoms with van der Waals surface area (Å²) in [7, 11) is 0. The fraction of sp³-hybridized carbons (Fsp3) is 0.333. The third-order valence-electron chi connectivity index (χ3n) is 2.03. The minimum atomic E-state index is 0.630. The van der Waals surface area contributed by atoms with Gasteiger partial charge in [0.2, 0.25) is 0 Å². The number of nitrogens with two attached hydrogens (primary N) is 1. The van der Waals surface area contributed by atoms with E-state index in [0.29, 0.717) is 13.2 Å². The van der Waals surface area contributed by atoms with Crippen molar-refractivity contribution in [2.45, 2.75) is 6.54 Å². The Morgan fingerprint density at radius 2 is 2.31 bits per heavy atom. The standard InChI is InChI=1S/C9H11ClN2O/c10-8-1-2-9-7(5-8)6-12(11)3-4-13-9/h1-2,5H,3-4,6,11H2. The molecule has 0 atom stereocenters. The second-order valence-corrected chi connectivity index (χ2v) is 3.51. The van der Waals surface area contributed by atoms with Gasteiger partial charge in [-0.3, -0.25) is 5.84 Å². The summed E-state index contributed by atoms with van der Waals surface area (Å²) in [5.41, 5.74) is 1.05. The van der Waals surface area contributed by atoms with Crippen LogP contribution in [0.2, 0.25) is 5.02 Å². The number of hydrogen-bond donors (Lipinski definition) is 1. The van der Waals surface area contributed by atoms with Crippen LogP contribution in [0.4, 0.5) is 0 Å². The van der Waals surface area contributed by atoms with E-state index >= 15 is 0 Å². The number of ether oxygens (including phenoxy) is 1. The molecule has 0 bridgehead atoms. The van der Waals surface area contributed by atoms with E-state index in [9.17, 15) is 0 Å². The van der Waals surface area contributed by atoms with E-state index in [1.807, 2.05) is 18.2 Å². The highest BCUT2D eigenvalue weighted by Crippen LogP contribution is 2.25. The monoisotopic (exact) mass is 198 g/mol. The molecule has 1 heterocycles. The number of halogens is 1. The molecule has 0 unspecified atom stereocenters. The van der Waals surface area contributed by atoms with Gasteiger partial charge in [-0.25, -0.2) is 5.01 Å². The van der Waals surface area contributed by atoms with Crippen molar-refractivity contribution in [1.82, 2.24) is 5.01 Å². The second-order valence-electron chi connectivity index (χ2n) is 3.07. The maximum Gasteiger partial charge on any atom is 0.124 e. The van der Waals surface area contributed by atoms with Crippen LogP contribution in [0.25, 0.3) is 0 Å². The van der Waals surface area contributed by atoms with Crippen LogP contribution in [-0.2, 0) is 6.54 Å². The molecule has 1 aliphatic heterocycles. The Morgan fingerprint density at radius 3 is 3.15 bits per heavy atom. The van der Waals surface area contributed by atoms with E-state index in [1.54, 1.807) is 5.01 Å². The lowest BCUT2D eigenvalue weighted by molar-refractivity contribution is 0.230. The van der Waals surface area contributed by atoms with Gasteiger partial charge in [0.15, 0.2) is 0 Å². The average molecular weight is 199 g/mol. The van der Waals surface area contributed by atoms with Crippen molar-refractivity contribution in [3.05, 3.63) is 28.8 Å². The molecule has 3 nitrogen and oxygen atoms in total. The first-order valence-corrected chi connectivity index (χ1v) is 4.54. The smallest absolute Gasteiger partial charge is 0.124 e. The van der Waals surface area contributed by atoms with Crippen molar-refractivity contribution in [1.29, 1.82) is 0 Å². The summed E-state index contributed by atoms with van der Waals surface area (Å²) in [5, 5.41) is 2.44. The predicted octanol–water partition coefficient (Wildman–Crippen LogP) is 1.41. The zero-order valence-electron chi connectivity index (χ0n) is 7.16. The maximum atomic E-state index is 5.86.